The molecule has 0 aromatic heterocycles. The van der Waals surface area contributed by atoms with Gasteiger partial charge < -0.3 is 28.7 Å². The number of carbonyl (C=O) groups is 2. The molecule has 1 aliphatic heterocycles. The van der Waals surface area contributed by atoms with Crippen LogP contribution in [-0.4, -0.2) is 86.3 Å². The van der Waals surface area contributed by atoms with Crippen molar-refractivity contribution in [3.63, 3.8) is 0 Å². The van der Waals surface area contributed by atoms with E-state index in [0.29, 0.717) is 0 Å². The molecule has 5 atom stereocenters. The van der Waals surface area contributed by atoms with Crippen LogP contribution in [0.1, 0.15) is 88.0 Å². The zero-order valence-corrected chi connectivity index (χ0v) is 28.8. The summed E-state index contributed by atoms with van der Waals surface area (Å²) >= 11 is 0. The van der Waals surface area contributed by atoms with Gasteiger partial charge in [-0.15, -0.1) is 0 Å². The molecule has 0 radical (unpaired) electrons. The van der Waals surface area contributed by atoms with E-state index in [1.54, 1.807) is 6.08 Å². The van der Waals surface area contributed by atoms with Gasteiger partial charge in [0, 0.05) is 21.0 Å². The topological polar surface area (TPSA) is 130 Å². The minimum Gasteiger partial charge on any atom is -0.455 e. The molecule has 0 aliphatic carbocycles. The van der Waals surface area contributed by atoms with Crippen LogP contribution in [0.4, 0.5) is 0 Å². The Morgan fingerprint density at radius 3 is 1.81 bits per heavy atom. The fraction of sp³-hybridized carbons (Fsp3) is 0.742. The molecule has 1 fully saturated rings. The Balaban J connectivity index is 0.00000223. The summed E-state index contributed by atoms with van der Waals surface area (Å²) < 4.78 is 43.7. The van der Waals surface area contributed by atoms with E-state index in [0.717, 1.165) is 38.2 Å². The highest BCUT2D eigenvalue weighted by molar-refractivity contribution is 7.47. The van der Waals surface area contributed by atoms with E-state index < -0.39 is 44.4 Å². The first-order valence-electron chi connectivity index (χ1n) is 15.0. The van der Waals surface area contributed by atoms with Crippen molar-refractivity contribution < 1.29 is 47.0 Å². The normalized spacial score (nSPS) is 22.0. The molecule has 0 aromatic rings. The second-order valence-electron chi connectivity index (χ2n) is 10.6. The van der Waals surface area contributed by atoms with E-state index >= 15 is 0 Å². The van der Waals surface area contributed by atoms with Gasteiger partial charge >= 0.3 is 19.8 Å². The number of ether oxygens (including phenoxy) is 4. The molecule has 1 heterocycles. The van der Waals surface area contributed by atoms with Gasteiger partial charge in [-0.05, 0) is 73.0 Å². The molecule has 12 heteroatoms. The summed E-state index contributed by atoms with van der Waals surface area (Å²) in [7, 11) is -3.20. The lowest BCUT2D eigenvalue weighted by molar-refractivity contribution is -0.172. The number of allylic oxidation sites excluding steroid dienone is 5. The van der Waals surface area contributed by atoms with Gasteiger partial charge in [-0.2, -0.15) is 0 Å². The lowest BCUT2D eigenvalue weighted by Gasteiger charge is -2.23. The second-order valence-corrected chi connectivity index (χ2v) is 12.0. The Labute approximate surface area is 259 Å². The maximum atomic E-state index is 12.5. The molecular formula is C31H56NO10P. The second kappa shape index (κ2) is 22.6. The van der Waals surface area contributed by atoms with Crippen LogP contribution >= 0.6 is 7.82 Å². The Kier molecular flexibility index (Phi) is 21.7. The molecule has 0 spiro atoms. The molecule has 2 unspecified atom stereocenters. The first-order valence-corrected chi connectivity index (χ1v) is 16.5. The fourth-order valence-corrected chi connectivity index (χ4v) is 4.93. The third-order valence-corrected chi connectivity index (χ3v) is 7.52. The number of hydrogen-bond acceptors (Lipinski definition) is 10. The molecule has 1 saturated heterocycles. The Bertz CT molecular complexity index is 951. The van der Waals surface area contributed by atoms with Crippen LogP contribution in [0.3, 0.4) is 0 Å². The smallest absolute Gasteiger partial charge is 0.455 e. The number of esters is 2. The molecule has 1 aliphatic rings. The molecule has 0 aromatic carbocycles. The summed E-state index contributed by atoms with van der Waals surface area (Å²) in [5.41, 5.74) is 3.63. The minimum absolute atomic E-state index is 0.0308. The Morgan fingerprint density at radius 2 is 1.35 bits per heavy atom. The van der Waals surface area contributed by atoms with Crippen LogP contribution < -0.4 is 0 Å². The highest BCUT2D eigenvalue weighted by Crippen LogP contribution is 2.47. The lowest BCUT2D eigenvalue weighted by Crippen LogP contribution is -2.41. The number of nitrogens with zero attached hydrogens (tertiary/aromatic N) is 1. The van der Waals surface area contributed by atoms with Crippen molar-refractivity contribution in [2.24, 2.45) is 0 Å². The molecule has 0 saturated carbocycles. The van der Waals surface area contributed by atoms with Crippen molar-refractivity contribution in [2.45, 2.75) is 113 Å². The number of carbonyl (C=O) groups excluding carboxylic acids is 2. The molecule has 0 amide bonds. The zero-order chi connectivity index (χ0) is 33.0. The third kappa shape index (κ3) is 19.2. The van der Waals surface area contributed by atoms with Gasteiger partial charge in [0.2, 0.25) is 6.29 Å². The standard InChI is InChI=1S/C25H41O10P.C6H15N/c1-17(2)10-8-11-18(3)12-9-13-19(4)14-15-31-36(28,29)35-25-24(33-21(6)27)23(32-20(5)26)22(34-25)16-30-7;1-4-7(5-2)6-3/h10,12,14,22-25H,8-9,11,13,15-16H2,1-7H3,(H,28,29);4-6H2,1-3H3/b18-12+,19-14+;/t22-,23-,24+,25?;/m1./s1. The van der Waals surface area contributed by atoms with Gasteiger partial charge in [-0.1, -0.05) is 55.7 Å². The summed E-state index contributed by atoms with van der Waals surface area (Å²) in [5.74, 6) is -1.36. The van der Waals surface area contributed by atoms with Crippen molar-refractivity contribution in [3.05, 3.63) is 34.9 Å². The quantitative estimate of drug-likeness (QED) is 0.106. The van der Waals surface area contributed by atoms with E-state index in [1.807, 2.05) is 6.92 Å². The first-order chi connectivity index (χ1) is 20.2. The number of methoxy groups -OCH3 is 1. The summed E-state index contributed by atoms with van der Waals surface area (Å²) in [6, 6.07) is 0. The van der Waals surface area contributed by atoms with Gasteiger partial charge in [0.05, 0.1) is 13.2 Å². The van der Waals surface area contributed by atoms with E-state index in [-0.39, 0.29) is 13.2 Å². The molecule has 1 rings (SSSR count). The van der Waals surface area contributed by atoms with Crippen LogP contribution in [-0.2, 0) is 42.1 Å². The van der Waals surface area contributed by atoms with Gasteiger partial charge in [0.1, 0.15) is 6.10 Å². The van der Waals surface area contributed by atoms with Crippen LogP contribution in [0, 0.1) is 0 Å². The summed E-state index contributed by atoms with van der Waals surface area (Å²) in [6.07, 6.45) is 5.04. The van der Waals surface area contributed by atoms with Crippen molar-refractivity contribution in [1.82, 2.24) is 4.90 Å². The third-order valence-electron chi connectivity index (χ3n) is 6.57. The molecule has 43 heavy (non-hydrogen) atoms. The van der Waals surface area contributed by atoms with Gasteiger partial charge in [-0.3, -0.25) is 18.6 Å². The van der Waals surface area contributed by atoms with Crippen molar-refractivity contribution in [1.29, 1.82) is 0 Å². The summed E-state index contributed by atoms with van der Waals surface area (Å²) in [4.78, 5) is 35.7. The summed E-state index contributed by atoms with van der Waals surface area (Å²) in [6.45, 7) is 20.4. The van der Waals surface area contributed by atoms with Gasteiger partial charge in [0.25, 0.3) is 0 Å². The van der Waals surface area contributed by atoms with E-state index in [9.17, 15) is 19.0 Å². The highest BCUT2D eigenvalue weighted by Gasteiger charge is 2.52. The van der Waals surface area contributed by atoms with E-state index in [1.165, 1.54) is 44.8 Å². The molecule has 250 valence electrons. The van der Waals surface area contributed by atoms with Gasteiger partial charge in [0.15, 0.2) is 12.2 Å². The first kappa shape index (κ1) is 41.1. The average molecular weight is 634 g/mol. The Morgan fingerprint density at radius 1 is 0.837 bits per heavy atom. The van der Waals surface area contributed by atoms with Gasteiger partial charge in [-0.25, -0.2) is 4.57 Å². The minimum atomic E-state index is -4.61. The SMILES string of the molecule is CCN(CC)CC.COC[C@H]1OC(OP(=O)(O)OC/C=C(\C)CC/C=C(\C)CCC=C(C)C)[C@@H](OC(C)=O)[C@@H]1OC(C)=O. The van der Waals surface area contributed by atoms with Crippen LogP contribution in [0.15, 0.2) is 34.9 Å². The van der Waals surface area contributed by atoms with Crippen LogP contribution in [0.2, 0.25) is 0 Å². The number of hydrogen-bond donors (Lipinski definition) is 1. The predicted molar refractivity (Wildman–Crippen MR) is 167 cm³/mol. The van der Waals surface area contributed by atoms with Crippen LogP contribution in [0.5, 0.6) is 0 Å². The highest BCUT2D eigenvalue weighted by atomic mass is 31.2. The summed E-state index contributed by atoms with van der Waals surface area (Å²) in [5, 5.41) is 0. The predicted octanol–water partition coefficient (Wildman–Crippen LogP) is 6.12. The molecular weight excluding hydrogens is 577 g/mol. The maximum absolute atomic E-state index is 12.5. The van der Waals surface area contributed by atoms with Crippen LogP contribution in [0.25, 0.3) is 0 Å². The number of phosphoric ester groups is 1. The monoisotopic (exact) mass is 633 g/mol. The number of rotatable bonds is 18. The van der Waals surface area contributed by atoms with E-state index in [4.69, 9.17) is 28.0 Å². The van der Waals surface area contributed by atoms with E-state index in [2.05, 4.69) is 58.6 Å². The van der Waals surface area contributed by atoms with Crippen molar-refractivity contribution in [3.8, 4) is 0 Å². The maximum Gasteiger partial charge on any atom is 0.474 e. The molecule has 1 N–H and O–H groups in total. The largest absolute Gasteiger partial charge is 0.474 e. The number of phosphoric acid groups is 1. The fourth-order valence-electron chi connectivity index (χ4n) is 4.17. The zero-order valence-electron chi connectivity index (χ0n) is 27.9. The molecule has 11 nitrogen and oxygen atoms in total. The lowest BCUT2D eigenvalue weighted by atomic mass is 10.1. The molecule has 0 bridgehead atoms. The van der Waals surface area contributed by atoms with Crippen molar-refractivity contribution >= 4 is 19.8 Å². The van der Waals surface area contributed by atoms with Crippen molar-refractivity contribution in [2.75, 3.05) is 40.0 Å². The average Bonchev–Trinajstić information content (AvgIpc) is 3.18. The Hall–Kier alpha value is -1.85.